The molecule has 0 aliphatic heterocycles. The van der Waals surface area contributed by atoms with Crippen molar-refractivity contribution in [1.29, 1.82) is 0 Å². The van der Waals surface area contributed by atoms with Crippen molar-refractivity contribution in [2.75, 3.05) is 7.11 Å². The van der Waals surface area contributed by atoms with E-state index in [0.717, 1.165) is 45.9 Å². The van der Waals surface area contributed by atoms with Gasteiger partial charge < -0.3 is 9.84 Å². The molecular weight excluding hydrogens is 428 g/mol. The molecule has 1 fully saturated rings. The second kappa shape index (κ2) is 9.90. The zero-order valence-electron chi connectivity index (χ0n) is 17.3. The summed E-state index contributed by atoms with van der Waals surface area (Å²) in [6.07, 6.45) is 2.42. The van der Waals surface area contributed by atoms with Crippen LogP contribution in [-0.4, -0.2) is 23.4 Å². The van der Waals surface area contributed by atoms with E-state index in [1.165, 1.54) is 7.11 Å². The number of ether oxygens (including phenoxy) is 1. The number of carbonyl (C=O) groups excluding carboxylic acids is 1. The lowest BCUT2D eigenvalue weighted by Crippen LogP contribution is -2.10. The molecule has 0 aromatic heterocycles. The maximum atomic E-state index is 12.0. The average Bonchev–Trinajstić information content (AvgIpc) is 3.27. The molecule has 5 heteroatoms. The highest BCUT2D eigenvalue weighted by molar-refractivity contribution is 8.00. The minimum absolute atomic E-state index is 0.212. The fourth-order valence-corrected chi connectivity index (χ4v) is 5.70. The van der Waals surface area contributed by atoms with Gasteiger partial charge in [0.15, 0.2) is 0 Å². The molecule has 1 saturated carbocycles. The maximum absolute atomic E-state index is 12.0. The molecular formula is C26H25ClO3S. The average molecular weight is 453 g/mol. The Hall–Kier alpha value is -2.27. The summed E-state index contributed by atoms with van der Waals surface area (Å²) in [5, 5.41) is 12.1. The zero-order valence-corrected chi connectivity index (χ0v) is 18.9. The van der Waals surface area contributed by atoms with Crippen LogP contribution in [0.15, 0.2) is 77.7 Å². The molecule has 1 aliphatic rings. The van der Waals surface area contributed by atoms with Gasteiger partial charge in [-0.25, -0.2) is 4.79 Å². The van der Waals surface area contributed by atoms with Gasteiger partial charge in [-0.2, -0.15) is 0 Å². The van der Waals surface area contributed by atoms with E-state index in [2.05, 4.69) is 12.1 Å². The Morgan fingerprint density at radius 2 is 1.65 bits per heavy atom. The minimum Gasteiger partial charge on any atom is -0.465 e. The first kappa shape index (κ1) is 21.9. The Balaban J connectivity index is 1.40. The van der Waals surface area contributed by atoms with E-state index >= 15 is 0 Å². The molecule has 0 bridgehead atoms. The van der Waals surface area contributed by atoms with Gasteiger partial charge in [0.2, 0.25) is 0 Å². The van der Waals surface area contributed by atoms with Gasteiger partial charge in [-0.15, -0.1) is 11.8 Å². The van der Waals surface area contributed by atoms with Crippen LogP contribution in [0.3, 0.4) is 0 Å². The second-order valence-corrected chi connectivity index (χ2v) is 9.65. The van der Waals surface area contributed by atoms with Crippen LogP contribution in [0.1, 0.15) is 41.3 Å². The van der Waals surface area contributed by atoms with Crippen molar-refractivity contribution in [3.8, 4) is 11.1 Å². The summed E-state index contributed by atoms with van der Waals surface area (Å²) in [4.78, 5) is 13.0. The highest BCUT2D eigenvalue weighted by Crippen LogP contribution is 2.44. The second-order valence-electron chi connectivity index (χ2n) is 7.87. The van der Waals surface area contributed by atoms with Gasteiger partial charge >= 0.3 is 5.97 Å². The molecule has 0 radical (unpaired) electrons. The molecule has 1 N–H and O–H groups in total. The van der Waals surface area contributed by atoms with E-state index in [1.807, 2.05) is 54.6 Å². The smallest absolute Gasteiger partial charge is 0.338 e. The van der Waals surface area contributed by atoms with Crippen LogP contribution in [-0.2, 0) is 4.74 Å². The Labute approximate surface area is 192 Å². The number of hydrogen-bond donors (Lipinski definition) is 1. The number of carbonyl (C=O) groups is 1. The normalized spacial score (nSPS) is 19.2. The number of esters is 1. The van der Waals surface area contributed by atoms with Crippen molar-refractivity contribution in [3.63, 3.8) is 0 Å². The number of thioether (sulfide) groups is 1. The fourth-order valence-electron chi connectivity index (χ4n) is 4.18. The zero-order chi connectivity index (χ0) is 21.8. The third kappa shape index (κ3) is 5.15. The number of hydrogen-bond acceptors (Lipinski definition) is 4. The summed E-state index contributed by atoms with van der Waals surface area (Å²) in [5.41, 5.74) is 3.76. The molecule has 31 heavy (non-hydrogen) atoms. The lowest BCUT2D eigenvalue weighted by molar-refractivity contribution is 0.0596. The van der Waals surface area contributed by atoms with Gasteiger partial charge in [0.25, 0.3) is 0 Å². The first-order valence-electron chi connectivity index (χ1n) is 10.4. The van der Waals surface area contributed by atoms with Gasteiger partial charge in [-0.05, 0) is 66.1 Å². The number of aliphatic hydroxyl groups excluding tert-OH is 1. The van der Waals surface area contributed by atoms with Crippen molar-refractivity contribution in [2.45, 2.75) is 35.5 Å². The molecule has 3 nitrogen and oxygen atoms in total. The lowest BCUT2D eigenvalue weighted by Gasteiger charge is -2.19. The third-order valence-corrected chi connectivity index (χ3v) is 7.51. The molecule has 160 valence electrons. The Kier molecular flexibility index (Phi) is 7.01. The van der Waals surface area contributed by atoms with Crippen molar-refractivity contribution < 1.29 is 14.6 Å². The Bertz CT molecular complexity index is 1030. The van der Waals surface area contributed by atoms with Crippen molar-refractivity contribution in [3.05, 3.63) is 88.9 Å². The van der Waals surface area contributed by atoms with Crippen molar-refractivity contribution in [1.82, 2.24) is 0 Å². The van der Waals surface area contributed by atoms with E-state index in [-0.39, 0.29) is 11.9 Å². The highest BCUT2D eigenvalue weighted by Gasteiger charge is 2.32. The fraction of sp³-hybridized carbons (Fsp3) is 0.269. The molecule has 3 aromatic carbocycles. The monoisotopic (exact) mass is 452 g/mol. The van der Waals surface area contributed by atoms with E-state index in [0.29, 0.717) is 10.8 Å². The van der Waals surface area contributed by atoms with Crippen LogP contribution in [0.5, 0.6) is 0 Å². The maximum Gasteiger partial charge on any atom is 0.338 e. The van der Waals surface area contributed by atoms with Crippen LogP contribution in [0.4, 0.5) is 0 Å². The molecule has 0 spiro atoms. The van der Waals surface area contributed by atoms with Crippen LogP contribution >= 0.6 is 23.4 Å². The predicted octanol–water partition coefficient (Wildman–Crippen LogP) is 6.79. The van der Waals surface area contributed by atoms with E-state index in [4.69, 9.17) is 16.3 Å². The van der Waals surface area contributed by atoms with Gasteiger partial charge in [-0.1, -0.05) is 60.1 Å². The Morgan fingerprint density at radius 3 is 2.32 bits per heavy atom. The summed E-state index contributed by atoms with van der Waals surface area (Å²) in [6, 6.07) is 23.5. The first-order chi connectivity index (χ1) is 15.0. The predicted molar refractivity (Wildman–Crippen MR) is 127 cm³/mol. The van der Waals surface area contributed by atoms with Gasteiger partial charge in [0, 0.05) is 15.2 Å². The summed E-state index contributed by atoms with van der Waals surface area (Å²) in [7, 11) is 1.41. The van der Waals surface area contributed by atoms with E-state index in [1.54, 1.807) is 17.8 Å². The SMILES string of the molecule is COC(=O)c1ccccc1S[C@@H]1CC[C@@H](C(O)c2ccc(-c3ccc(Cl)cc3)cc2)C1. The topological polar surface area (TPSA) is 46.5 Å². The van der Waals surface area contributed by atoms with E-state index < -0.39 is 6.10 Å². The number of rotatable bonds is 6. The van der Waals surface area contributed by atoms with Gasteiger partial charge in [0.1, 0.15) is 0 Å². The van der Waals surface area contributed by atoms with Crippen LogP contribution in [0.25, 0.3) is 11.1 Å². The minimum atomic E-state index is -0.485. The number of halogens is 1. The molecule has 0 saturated heterocycles. The van der Waals surface area contributed by atoms with Crippen LogP contribution in [0, 0.1) is 5.92 Å². The quantitative estimate of drug-likeness (QED) is 0.418. The van der Waals surface area contributed by atoms with Crippen LogP contribution in [0.2, 0.25) is 5.02 Å². The van der Waals surface area contributed by atoms with E-state index in [9.17, 15) is 9.90 Å². The Morgan fingerprint density at radius 1 is 1.00 bits per heavy atom. The van der Waals surface area contributed by atoms with Crippen LogP contribution < -0.4 is 0 Å². The van der Waals surface area contributed by atoms with Crippen molar-refractivity contribution in [2.24, 2.45) is 5.92 Å². The molecule has 1 unspecified atom stereocenters. The molecule has 0 heterocycles. The van der Waals surface area contributed by atoms with Crippen molar-refractivity contribution >= 4 is 29.3 Å². The largest absolute Gasteiger partial charge is 0.465 e. The number of benzene rings is 3. The number of methoxy groups -OCH3 is 1. The number of aliphatic hydroxyl groups is 1. The van der Waals surface area contributed by atoms with Gasteiger partial charge in [0.05, 0.1) is 18.8 Å². The molecule has 0 amide bonds. The lowest BCUT2D eigenvalue weighted by atomic mass is 9.93. The summed E-state index contributed by atoms with van der Waals surface area (Å²) in [5.74, 6) is -0.0948. The summed E-state index contributed by atoms with van der Waals surface area (Å²) in [6.45, 7) is 0. The standard InChI is InChI=1S/C26H25ClO3S/c1-30-26(29)23-4-2-3-5-24(23)31-22-15-12-20(16-22)25(28)19-8-6-17(7-9-19)18-10-13-21(27)14-11-18/h2-11,13-14,20,22,25,28H,12,15-16H2,1H3/t20-,22-,25?/m1/s1. The third-order valence-electron chi connectivity index (χ3n) is 5.89. The molecule has 3 aromatic rings. The molecule has 1 aliphatic carbocycles. The van der Waals surface area contributed by atoms with Gasteiger partial charge in [-0.3, -0.25) is 0 Å². The summed E-state index contributed by atoms with van der Waals surface area (Å²) >= 11 is 7.69. The summed E-state index contributed by atoms with van der Waals surface area (Å²) < 4.78 is 4.91. The first-order valence-corrected chi connectivity index (χ1v) is 11.7. The molecule has 4 rings (SSSR count). The molecule has 3 atom stereocenters. The highest BCUT2D eigenvalue weighted by atomic mass is 35.5.